The molecule has 0 unspecified atom stereocenters. The molecule has 2 heterocycles. The van der Waals surface area contributed by atoms with Crippen molar-refractivity contribution in [1.82, 2.24) is 25.5 Å². The second-order valence-corrected chi connectivity index (χ2v) is 9.64. The maximum Gasteiger partial charge on any atom is 0.286 e. The summed E-state index contributed by atoms with van der Waals surface area (Å²) in [6.07, 6.45) is 4.29. The summed E-state index contributed by atoms with van der Waals surface area (Å²) in [5, 5.41) is 11.8. The van der Waals surface area contributed by atoms with Gasteiger partial charge in [0.25, 0.3) is 5.91 Å². The largest absolute Gasteiger partial charge is 0.313 e. The van der Waals surface area contributed by atoms with Gasteiger partial charge in [0.15, 0.2) is 5.69 Å². The van der Waals surface area contributed by atoms with Crippen molar-refractivity contribution in [1.29, 1.82) is 0 Å². The lowest BCUT2D eigenvalue weighted by Crippen LogP contribution is -2.45. The van der Waals surface area contributed by atoms with Crippen LogP contribution >= 0.6 is 34.8 Å². The summed E-state index contributed by atoms with van der Waals surface area (Å²) in [7, 11) is 0. The van der Waals surface area contributed by atoms with Crippen molar-refractivity contribution in [3.63, 3.8) is 0 Å². The van der Waals surface area contributed by atoms with Crippen molar-refractivity contribution in [2.24, 2.45) is 0 Å². The van der Waals surface area contributed by atoms with E-state index in [9.17, 15) is 4.79 Å². The highest BCUT2D eigenvalue weighted by atomic mass is 35.5. The van der Waals surface area contributed by atoms with Crippen molar-refractivity contribution < 1.29 is 4.79 Å². The molecule has 6 nitrogen and oxygen atoms in total. The van der Waals surface area contributed by atoms with Gasteiger partial charge >= 0.3 is 0 Å². The number of nitrogens with one attached hydrogen (secondary N) is 2. The van der Waals surface area contributed by atoms with Gasteiger partial charge in [-0.25, -0.2) is 9.69 Å². The summed E-state index contributed by atoms with van der Waals surface area (Å²) in [4.78, 5) is 13.5. The summed E-state index contributed by atoms with van der Waals surface area (Å²) in [6.45, 7) is 5.08. The van der Waals surface area contributed by atoms with E-state index in [1.807, 2.05) is 35.3 Å². The van der Waals surface area contributed by atoms with Gasteiger partial charge < -0.3 is 5.32 Å². The molecule has 0 aliphatic carbocycles. The zero-order chi connectivity index (χ0) is 24.1. The quantitative estimate of drug-likeness (QED) is 0.351. The predicted molar refractivity (Wildman–Crippen MR) is 139 cm³/mol. The molecule has 9 heteroatoms. The maximum absolute atomic E-state index is 13.5. The van der Waals surface area contributed by atoms with E-state index < -0.39 is 0 Å². The number of carbonyl (C=O) groups is 1. The summed E-state index contributed by atoms with van der Waals surface area (Å²) < 4.78 is 1.73. The Labute approximate surface area is 215 Å². The first-order chi connectivity index (χ1) is 16.5. The summed E-state index contributed by atoms with van der Waals surface area (Å²) in [6, 6.07) is 12.8. The minimum absolute atomic E-state index is 0.228. The number of aromatic nitrogens is 2. The van der Waals surface area contributed by atoms with Gasteiger partial charge in [0.2, 0.25) is 0 Å². The lowest BCUT2D eigenvalue weighted by atomic mass is 10.0. The molecule has 1 amide bonds. The van der Waals surface area contributed by atoms with Crippen molar-refractivity contribution in [3.05, 3.63) is 68.8 Å². The van der Waals surface area contributed by atoms with E-state index in [0.29, 0.717) is 33.0 Å². The van der Waals surface area contributed by atoms with Gasteiger partial charge in [-0.15, -0.1) is 0 Å². The second kappa shape index (κ2) is 11.6. The molecule has 1 aliphatic heterocycles. The third kappa shape index (κ3) is 5.75. The Morgan fingerprint density at radius 1 is 1.00 bits per heavy atom. The van der Waals surface area contributed by atoms with E-state index in [1.165, 1.54) is 6.42 Å². The zero-order valence-electron chi connectivity index (χ0n) is 19.1. The van der Waals surface area contributed by atoms with Crippen molar-refractivity contribution in [2.45, 2.75) is 39.2 Å². The molecule has 1 aromatic heterocycles. The fraction of sp³-hybridized carbons (Fsp3) is 0.360. The molecule has 4 rings (SSSR count). The average Bonchev–Trinajstić information content (AvgIpc) is 3.20. The molecule has 1 fully saturated rings. The highest BCUT2D eigenvalue weighted by molar-refractivity contribution is 6.35. The van der Waals surface area contributed by atoms with Crippen molar-refractivity contribution in [2.75, 3.05) is 19.6 Å². The molecule has 1 aliphatic rings. The molecular weight excluding hydrogens is 493 g/mol. The van der Waals surface area contributed by atoms with E-state index in [4.69, 9.17) is 39.9 Å². The topological polar surface area (TPSA) is 62.2 Å². The fourth-order valence-corrected chi connectivity index (χ4v) is 4.74. The lowest BCUT2D eigenvalue weighted by molar-refractivity contribution is 0.0743. The van der Waals surface area contributed by atoms with Crippen LogP contribution in [0.3, 0.4) is 0 Å². The number of carbonyl (C=O) groups excluding carboxylic acids is 1. The number of nitrogens with zero attached hydrogens (tertiary/aromatic N) is 3. The third-order valence-electron chi connectivity index (χ3n) is 5.80. The van der Waals surface area contributed by atoms with E-state index in [-0.39, 0.29) is 5.91 Å². The Hall–Kier alpha value is -2.09. The Balaban J connectivity index is 1.85. The van der Waals surface area contributed by atoms with Crippen LogP contribution < -0.4 is 10.7 Å². The highest BCUT2D eigenvalue weighted by Crippen LogP contribution is 2.33. The number of hydrogen-bond donors (Lipinski definition) is 2. The van der Waals surface area contributed by atoms with Gasteiger partial charge in [-0.05, 0) is 56.1 Å². The van der Waals surface area contributed by atoms with Gasteiger partial charge in [0.1, 0.15) is 0 Å². The van der Waals surface area contributed by atoms with Crippen molar-refractivity contribution in [3.8, 4) is 16.9 Å². The standard InChI is InChI=1S/C25H28Cl3N5O/c1-2-12-29-16-20-23(25(34)31-32-13-4-3-5-14-32)30-33(22-11-10-19(27)15-21(22)28)24(20)17-6-8-18(26)9-7-17/h6-11,15,29H,2-5,12-14,16H2,1H3,(H,31,34). The first-order valence-electron chi connectivity index (χ1n) is 11.6. The van der Waals surface area contributed by atoms with E-state index in [1.54, 1.807) is 16.8 Å². The first-order valence-corrected chi connectivity index (χ1v) is 12.7. The minimum atomic E-state index is -0.228. The summed E-state index contributed by atoms with van der Waals surface area (Å²) in [5.74, 6) is -0.228. The molecule has 2 N–H and O–H groups in total. The van der Waals surface area contributed by atoms with Gasteiger partial charge in [-0.3, -0.25) is 10.2 Å². The van der Waals surface area contributed by atoms with Crippen LogP contribution in [0.5, 0.6) is 0 Å². The van der Waals surface area contributed by atoms with Crippen LogP contribution in [0.4, 0.5) is 0 Å². The Bertz CT molecular complexity index is 1140. The van der Waals surface area contributed by atoms with Gasteiger partial charge in [0.05, 0.1) is 16.4 Å². The molecular formula is C25H28Cl3N5O. The third-order valence-corrected chi connectivity index (χ3v) is 6.59. The Morgan fingerprint density at radius 3 is 2.38 bits per heavy atom. The molecule has 1 saturated heterocycles. The van der Waals surface area contributed by atoms with Crippen LogP contribution in [0.15, 0.2) is 42.5 Å². The average molecular weight is 521 g/mol. The van der Waals surface area contributed by atoms with Crippen molar-refractivity contribution >= 4 is 40.7 Å². The van der Waals surface area contributed by atoms with Crippen LogP contribution in [0, 0.1) is 0 Å². The molecule has 180 valence electrons. The Kier molecular flexibility index (Phi) is 8.51. The van der Waals surface area contributed by atoms with E-state index in [2.05, 4.69) is 17.7 Å². The monoisotopic (exact) mass is 519 g/mol. The number of rotatable bonds is 8. The number of piperidine rings is 1. The molecule has 0 saturated carbocycles. The molecule has 0 atom stereocenters. The zero-order valence-corrected chi connectivity index (χ0v) is 21.3. The molecule has 0 spiro atoms. The normalized spacial score (nSPS) is 14.4. The number of hydrogen-bond acceptors (Lipinski definition) is 4. The van der Waals surface area contributed by atoms with E-state index >= 15 is 0 Å². The molecule has 34 heavy (non-hydrogen) atoms. The summed E-state index contributed by atoms with van der Waals surface area (Å²) >= 11 is 18.9. The minimum Gasteiger partial charge on any atom is -0.313 e. The molecule has 0 radical (unpaired) electrons. The first kappa shape index (κ1) is 25.0. The van der Waals surface area contributed by atoms with E-state index in [0.717, 1.165) is 55.7 Å². The molecule has 3 aromatic rings. The Morgan fingerprint density at radius 2 is 1.71 bits per heavy atom. The maximum atomic E-state index is 13.5. The lowest BCUT2D eigenvalue weighted by Gasteiger charge is -2.26. The van der Waals surface area contributed by atoms with Crippen LogP contribution in [0.2, 0.25) is 15.1 Å². The molecule has 2 aromatic carbocycles. The smallest absolute Gasteiger partial charge is 0.286 e. The fourth-order valence-electron chi connectivity index (χ4n) is 4.12. The predicted octanol–water partition coefficient (Wildman–Crippen LogP) is 6.13. The highest BCUT2D eigenvalue weighted by Gasteiger charge is 2.27. The van der Waals surface area contributed by atoms with Crippen LogP contribution in [0.25, 0.3) is 16.9 Å². The number of halogens is 3. The number of amides is 1. The second-order valence-electron chi connectivity index (χ2n) is 8.36. The van der Waals surface area contributed by atoms with Crippen LogP contribution in [-0.4, -0.2) is 40.3 Å². The van der Waals surface area contributed by atoms with Crippen LogP contribution in [0.1, 0.15) is 48.7 Å². The van der Waals surface area contributed by atoms with Crippen LogP contribution in [-0.2, 0) is 6.54 Å². The molecule has 0 bridgehead atoms. The number of hydrazine groups is 1. The summed E-state index contributed by atoms with van der Waals surface area (Å²) in [5.41, 5.74) is 6.54. The van der Waals surface area contributed by atoms with Gasteiger partial charge in [-0.1, -0.05) is 60.3 Å². The number of benzene rings is 2. The van der Waals surface area contributed by atoms with Gasteiger partial charge in [0, 0.05) is 40.8 Å². The van der Waals surface area contributed by atoms with Gasteiger partial charge in [-0.2, -0.15) is 5.10 Å². The SMILES string of the molecule is CCCNCc1c(C(=O)NN2CCCCC2)nn(-c2ccc(Cl)cc2Cl)c1-c1ccc(Cl)cc1.